The molecule has 1 fully saturated rings. The number of nitrogens with zero attached hydrogens (tertiary/aromatic N) is 5. The first kappa shape index (κ1) is 20.3. The van der Waals surface area contributed by atoms with Crippen LogP contribution in [0.1, 0.15) is 18.3 Å². The van der Waals surface area contributed by atoms with Gasteiger partial charge in [0.1, 0.15) is 5.82 Å². The van der Waals surface area contributed by atoms with Crippen molar-refractivity contribution >= 4 is 22.6 Å². The van der Waals surface area contributed by atoms with Crippen molar-refractivity contribution in [3.8, 4) is 0 Å². The molecule has 0 spiro atoms. The summed E-state index contributed by atoms with van der Waals surface area (Å²) in [6.45, 7) is 4.13. The molecule has 0 bridgehead atoms. The van der Waals surface area contributed by atoms with Crippen molar-refractivity contribution in [1.82, 2.24) is 19.6 Å². The molecule has 0 aliphatic carbocycles. The highest BCUT2D eigenvalue weighted by molar-refractivity contribution is 7.09. The van der Waals surface area contributed by atoms with Crippen LogP contribution in [0.25, 0.3) is 0 Å². The second kappa shape index (κ2) is 8.72. The SMILES string of the molecule is CCc1nsc(N2CCN(C(=NC)NCc3c(F)c(F)cc(F)c3F)CC2)n1. The second-order valence-corrected chi connectivity index (χ2v) is 6.90. The van der Waals surface area contributed by atoms with Gasteiger partial charge in [0.15, 0.2) is 29.2 Å². The van der Waals surface area contributed by atoms with Crippen LogP contribution in [0.15, 0.2) is 11.1 Å². The summed E-state index contributed by atoms with van der Waals surface area (Å²) in [7, 11) is 1.53. The maximum Gasteiger partial charge on any atom is 0.205 e. The summed E-state index contributed by atoms with van der Waals surface area (Å²) in [6.07, 6.45) is 0.779. The number of nitrogens with one attached hydrogen (secondary N) is 1. The third-order valence-corrected chi connectivity index (χ3v) is 5.28. The number of aromatic nitrogens is 2. The van der Waals surface area contributed by atoms with Crippen LogP contribution in [-0.2, 0) is 13.0 Å². The molecule has 1 saturated heterocycles. The van der Waals surface area contributed by atoms with Crippen LogP contribution in [0, 0.1) is 23.3 Å². The Morgan fingerprint density at radius 3 is 2.32 bits per heavy atom. The number of aliphatic imine (C=N–C) groups is 1. The highest BCUT2D eigenvalue weighted by Gasteiger charge is 2.23. The van der Waals surface area contributed by atoms with Crippen molar-refractivity contribution < 1.29 is 17.6 Å². The molecule has 1 N–H and O–H groups in total. The zero-order chi connectivity index (χ0) is 20.3. The van der Waals surface area contributed by atoms with Crippen LogP contribution in [-0.4, -0.2) is 53.4 Å². The van der Waals surface area contributed by atoms with Crippen LogP contribution in [0.2, 0.25) is 0 Å². The highest BCUT2D eigenvalue weighted by atomic mass is 32.1. The summed E-state index contributed by atoms with van der Waals surface area (Å²) in [4.78, 5) is 12.6. The monoisotopic (exact) mass is 416 g/mol. The molecular formula is C17H20F4N6S. The molecule has 0 amide bonds. The number of hydrogen-bond acceptors (Lipinski definition) is 5. The van der Waals surface area contributed by atoms with E-state index >= 15 is 0 Å². The van der Waals surface area contributed by atoms with E-state index in [9.17, 15) is 17.6 Å². The number of guanidine groups is 1. The average Bonchev–Trinajstić information content (AvgIpc) is 3.19. The molecule has 1 aliphatic rings. The lowest BCUT2D eigenvalue weighted by Gasteiger charge is -2.36. The van der Waals surface area contributed by atoms with Crippen molar-refractivity contribution in [1.29, 1.82) is 0 Å². The Hall–Kier alpha value is -2.43. The smallest absolute Gasteiger partial charge is 0.205 e. The van der Waals surface area contributed by atoms with Gasteiger partial charge < -0.3 is 15.1 Å². The summed E-state index contributed by atoms with van der Waals surface area (Å²) in [5, 5.41) is 3.64. The Morgan fingerprint density at radius 2 is 1.79 bits per heavy atom. The normalized spacial score (nSPS) is 15.3. The molecule has 1 aromatic carbocycles. The fourth-order valence-corrected chi connectivity index (χ4v) is 3.71. The van der Waals surface area contributed by atoms with Gasteiger partial charge in [-0.2, -0.15) is 4.37 Å². The minimum Gasteiger partial charge on any atom is -0.352 e. The largest absolute Gasteiger partial charge is 0.352 e. The molecule has 0 unspecified atom stereocenters. The number of halogens is 4. The third kappa shape index (κ3) is 4.18. The average molecular weight is 416 g/mol. The number of hydrogen-bond donors (Lipinski definition) is 1. The van der Waals surface area contributed by atoms with E-state index in [1.807, 2.05) is 11.8 Å². The van der Waals surface area contributed by atoms with Crippen LogP contribution >= 0.6 is 11.5 Å². The summed E-state index contributed by atoms with van der Waals surface area (Å²) < 4.78 is 58.6. The van der Waals surface area contributed by atoms with Crippen molar-refractivity contribution in [3.05, 3.63) is 40.7 Å². The van der Waals surface area contributed by atoms with Gasteiger partial charge in [-0.25, -0.2) is 22.5 Å². The standard InChI is InChI=1S/C17H20F4N6S/c1-3-13-24-17(28-25-13)27-6-4-26(5-7-27)16(22-2)23-9-10-14(20)11(18)8-12(19)15(10)21/h8H,3-7,9H2,1-2H3,(H,22,23). The van der Waals surface area contributed by atoms with Gasteiger partial charge in [0.2, 0.25) is 5.13 Å². The summed E-state index contributed by atoms with van der Waals surface area (Å²) >= 11 is 1.36. The predicted molar refractivity (Wildman–Crippen MR) is 99.5 cm³/mol. The molecular weight excluding hydrogens is 396 g/mol. The van der Waals surface area contributed by atoms with Gasteiger partial charge >= 0.3 is 0 Å². The van der Waals surface area contributed by atoms with E-state index in [0.29, 0.717) is 32.1 Å². The lowest BCUT2D eigenvalue weighted by molar-refractivity contribution is 0.370. The summed E-state index contributed by atoms with van der Waals surface area (Å²) in [6, 6.07) is 0.194. The van der Waals surface area contributed by atoms with Gasteiger partial charge in [0.05, 0.1) is 0 Å². The van der Waals surface area contributed by atoms with Gasteiger partial charge in [-0.1, -0.05) is 6.92 Å². The molecule has 2 aromatic rings. The fraction of sp³-hybridized carbons (Fsp3) is 0.471. The predicted octanol–water partition coefficient (Wildman–Crippen LogP) is 2.55. The Bertz CT molecular complexity index is 837. The molecule has 1 aromatic heterocycles. The van der Waals surface area contributed by atoms with Crippen LogP contribution in [0.4, 0.5) is 22.7 Å². The molecule has 6 nitrogen and oxygen atoms in total. The molecule has 0 radical (unpaired) electrons. The fourth-order valence-electron chi connectivity index (χ4n) is 2.90. The van der Waals surface area contributed by atoms with E-state index in [4.69, 9.17) is 0 Å². The number of benzene rings is 1. The van der Waals surface area contributed by atoms with Crippen molar-refractivity contribution in [2.24, 2.45) is 4.99 Å². The van der Waals surface area contributed by atoms with Gasteiger partial charge in [-0.3, -0.25) is 4.99 Å². The number of anilines is 1. The minimum absolute atomic E-state index is 0.194. The molecule has 1 aliphatic heterocycles. The first-order valence-electron chi connectivity index (χ1n) is 8.79. The van der Waals surface area contributed by atoms with Gasteiger partial charge in [0.25, 0.3) is 0 Å². The van der Waals surface area contributed by atoms with Crippen molar-refractivity contribution in [3.63, 3.8) is 0 Å². The van der Waals surface area contributed by atoms with Crippen LogP contribution < -0.4 is 10.2 Å². The maximum absolute atomic E-state index is 13.8. The quantitative estimate of drug-likeness (QED) is 0.359. The van der Waals surface area contributed by atoms with Gasteiger partial charge in [0, 0.05) is 69.4 Å². The number of piperazine rings is 1. The molecule has 0 atom stereocenters. The van der Waals surface area contributed by atoms with Gasteiger partial charge in [-0.05, 0) is 0 Å². The molecule has 152 valence electrons. The highest BCUT2D eigenvalue weighted by Crippen LogP contribution is 2.21. The van der Waals surface area contributed by atoms with E-state index in [0.717, 1.165) is 17.4 Å². The molecule has 11 heteroatoms. The third-order valence-electron chi connectivity index (χ3n) is 4.46. The van der Waals surface area contributed by atoms with E-state index in [1.165, 1.54) is 18.6 Å². The number of rotatable bonds is 4. The lowest BCUT2D eigenvalue weighted by atomic mass is 10.2. The lowest BCUT2D eigenvalue weighted by Crippen LogP contribution is -2.52. The van der Waals surface area contributed by atoms with Gasteiger partial charge in [-0.15, -0.1) is 0 Å². The molecule has 2 heterocycles. The Balaban J connectivity index is 1.61. The number of aryl methyl sites for hydroxylation is 1. The topological polar surface area (TPSA) is 56.7 Å². The Kier molecular flexibility index (Phi) is 6.32. The molecule has 28 heavy (non-hydrogen) atoms. The molecule has 3 rings (SSSR count). The summed E-state index contributed by atoms with van der Waals surface area (Å²) in [5.74, 6) is -4.46. The zero-order valence-corrected chi connectivity index (χ0v) is 16.3. The first-order chi connectivity index (χ1) is 13.4. The minimum atomic E-state index is -1.43. The van der Waals surface area contributed by atoms with E-state index in [2.05, 4.69) is 24.6 Å². The Labute approximate surface area is 164 Å². The summed E-state index contributed by atoms with van der Waals surface area (Å²) in [5.41, 5.74) is -0.696. The Morgan fingerprint density at radius 1 is 1.14 bits per heavy atom. The zero-order valence-electron chi connectivity index (χ0n) is 15.5. The maximum atomic E-state index is 13.8. The molecule has 0 saturated carbocycles. The van der Waals surface area contributed by atoms with Crippen LogP contribution in [0.3, 0.4) is 0 Å². The van der Waals surface area contributed by atoms with E-state index in [-0.39, 0.29) is 6.07 Å². The van der Waals surface area contributed by atoms with E-state index < -0.39 is 35.4 Å². The van der Waals surface area contributed by atoms with E-state index in [1.54, 1.807) is 0 Å². The second-order valence-electron chi connectivity index (χ2n) is 6.17. The van der Waals surface area contributed by atoms with Crippen molar-refractivity contribution in [2.75, 3.05) is 38.1 Å². The first-order valence-corrected chi connectivity index (χ1v) is 9.56. The van der Waals surface area contributed by atoms with Crippen molar-refractivity contribution in [2.45, 2.75) is 19.9 Å². The van der Waals surface area contributed by atoms with Crippen LogP contribution in [0.5, 0.6) is 0 Å².